The lowest BCUT2D eigenvalue weighted by Crippen LogP contribution is -2.48. The molecule has 25 heavy (non-hydrogen) atoms. The smallest absolute Gasteiger partial charge is 0.254 e. The van der Waals surface area contributed by atoms with Gasteiger partial charge in [0.1, 0.15) is 11.5 Å². The lowest BCUT2D eigenvalue weighted by molar-refractivity contribution is 0.0746. The molecular weight excluding hydrogens is 340 g/mol. The summed E-state index contributed by atoms with van der Waals surface area (Å²) in [6.45, 7) is 2.78. The first kappa shape index (κ1) is 17.4. The maximum Gasteiger partial charge on any atom is 0.254 e. The molecule has 1 amide bonds. The third-order valence-corrected chi connectivity index (χ3v) is 4.68. The topological polar surface area (TPSA) is 42.0 Å². The highest BCUT2D eigenvalue weighted by atomic mass is 35.5. The number of nitrogens with zero attached hydrogens (tertiary/aromatic N) is 2. The van der Waals surface area contributed by atoms with Crippen molar-refractivity contribution in [3.8, 4) is 11.5 Å². The van der Waals surface area contributed by atoms with Crippen LogP contribution >= 0.6 is 11.6 Å². The highest BCUT2D eigenvalue weighted by Gasteiger charge is 2.24. The molecule has 2 aromatic rings. The van der Waals surface area contributed by atoms with E-state index in [-0.39, 0.29) is 5.91 Å². The minimum Gasteiger partial charge on any atom is -0.497 e. The Morgan fingerprint density at radius 3 is 2.12 bits per heavy atom. The second-order valence-electron chi connectivity index (χ2n) is 5.83. The number of para-hydroxylation sites is 1. The maximum atomic E-state index is 12.8. The number of piperazine rings is 1. The van der Waals surface area contributed by atoms with E-state index in [4.69, 9.17) is 21.1 Å². The minimum absolute atomic E-state index is 0.0176. The number of carbonyl (C=O) groups excluding carboxylic acids is 1. The van der Waals surface area contributed by atoms with E-state index in [9.17, 15) is 4.79 Å². The van der Waals surface area contributed by atoms with E-state index in [1.807, 2.05) is 29.2 Å². The molecule has 2 aromatic carbocycles. The molecule has 6 heteroatoms. The molecule has 0 atom stereocenters. The van der Waals surface area contributed by atoms with Crippen LogP contribution in [0, 0.1) is 0 Å². The highest BCUT2D eigenvalue weighted by molar-refractivity contribution is 6.33. The number of anilines is 1. The van der Waals surface area contributed by atoms with Crippen LogP contribution in [0.2, 0.25) is 5.02 Å². The molecule has 132 valence electrons. The normalized spacial score (nSPS) is 14.4. The molecule has 1 aliphatic rings. The van der Waals surface area contributed by atoms with Crippen LogP contribution in [0.5, 0.6) is 11.5 Å². The van der Waals surface area contributed by atoms with Crippen molar-refractivity contribution in [2.24, 2.45) is 0 Å². The molecule has 0 unspecified atom stereocenters. The molecule has 0 spiro atoms. The van der Waals surface area contributed by atoms with Crippen molar-refractivity contribution in [1.29, 1.82) is 0 Å². The Labute approximate surface area is 152 Å². The third-order valence-electron chi connectivity index (χ3n) is 4.36. The van der Waals surface area contributed by atoms with Gasteiger partial charge in [-0.1, -0.05) is 23.7 Å². The van der Waals surface area contributed by atoms with Gasteiger partial charge in [0.25, 0.3) is 5.91 Å². The Kier molecular flexibility index (Phi) is 5.34. The second-order valence-corrected chi connectivity index (χ2v) is 6.24. The molecule has 0 N–H and O–H groups in total. The third kappa shape index (κ3) is 3.82. The summed E-state index contributed by atoms with van der Waals surface area (Å²) in [7, 11) is 3.15. The number of amides is 1. The lowest BCUT2D eigenvalue weighted by Gasteiger charge is -2.36. The summed E-state index contributed by atoms with van der Waals surface area (Å²) >= 11 is 6.27. The predicted molar refractivity (Wildman–Crippen MR) is 99.1 cm³/mol. The van der Waals surface area contributed by atoms with Gasteiger partial charge in [0.2, 0.25) is 0 Å². The molecule has 1 aliphatic heterocycles. The van der Waals surface area contributed by atoms with Gasteiger partial charge in [-0.2, -0.15) is 0 Å². The van der Waals surface area contributed by atoms with Crippen molar-refractivity contribution >= 4 is 23.2 Å². The van der Waals surface area contributed by atoms with Crippen molar-refractivity contribution in [1.82, 2.24) is 4.90 Å². The first-order chi connectivity index (χ1) is 12.1. The van der Waals surface area contributed by atoms with Crippen LogP contribution in [-0.4, -0.2) is 51.2 Å². The maximum absolute atomic E-state index is 12.8. The van der Waals surface area contributed by atoms with E-state index in [0.29, 0.717) is 30.2 Å². The van der Waals surface area contributed by atoms with E-state index in [1.54, 1.807) is 32.4 Å². The van der Waals surface area contributed by atoms with Crippen molar-refractivity contribution in [2.45, 2.75) is 0 Å². The van der Waals surface area contributed by atoms with Gasteiger partial charge in [0.05, 0.1) is 24.9 Å². The molecule has 5 nitrogen and oxygen atoms in total. The van der Waals surface area contributed by atoms with Gasteiger partial charge in [-0.3, -0.25) is 4.79 Å². The number of halogens is 1. The van der Waals surface area contributed by atoms with Gasteiger partial charge in [-0.15, -0.1) is 0 Å². The van der Waals surface area contributed by atoms with Crippen LogP contribution in [-0.2, 0) is 0 Å². The number of rotatable bonds is 4. The number of carbonyl (C=O) groups is 1. The summed E-state index contributed by atoms with van der Waals surface area (Å²) < 4.78 is 10.5. The molecule has 0 saturated carbocycles. The molecule has 0 bridgehead atoms. The zero-order valence-electron chi connectivity index (χ0n) is 14.4. The minimum atomic E-state index is -0.0176. The van der Waals surface area contributed by atoms with Gasteiger partial charge < -0.3 is 19.3 Å². The molecule has 1 heterocycles. The lowest BCUT2D eigenvalue weighted by atomic mass is 10.1. The molecular formula is C19H21ClN2O3. The van der Waals surface area contributed by atoms with Gasteiger partial charge >= 0.3 is 0 Å². The van der Waals surface area contributed by atoms with Crippen molar-refractivity contribution in [2.75, 3.05) is 45.3 Å². The average Bonchev–Trinajstić information content (AvgIpc) is 2.67. The Hall–Kier alpha value is -2.40. The first-order valence-electron chi connectivity index (χ1n) is 8.14. The number of ether oxygens (including phenoxy) is 2. The van der Waals surface area contributed by atoms with Crippen LogP contribution in [0.3, 0.4) is 0 Å². The summed E-state index contributed by atoms with van der Waals surface area (Å²) in [4.78, 5) is 16.9. The number of methoxy groups -OCH3 is 2. The van der Waals surface area contributed by atoms with Gasteiger partial charge in [-0.05, 0) is 24.3 Å². The van der Waals surface area contributed by atoms with Crippen LogP contribution in [0.1, 0.15) is 10.4 Å². The van der Waals surface area contributed by atoms with Gasteiger partial charge in [-0.25, -0.2) is 0 Å². The largest absolute Gasteiger partial charge is 0.497 e. The quantitative estimate of drug-likeness (QED) is 0.838. The van der Waals surface area contributed by atoms with Crippen molar-refractivity contribution in [3.05, 3.63) is 53.1 Å². The first-order valence-corrected chi connectivity index (χ1v) is 8.52. The average molecular weight is 361 g/mol. The summed E-state index contributed by atoms with van der Waals surface area (Å²) in [6, 6.07) is 13.0. The Balaban J connectivity index is 1.71. The fraction of sp³-hybridized carbons (Fsp3) is 0.316. The Morgan fingerprint density at radius 1 is 0.960 bits per heavy atom. The molecule has 3 rings (SSSR count). The number of hydrogen-bond donors (Lipinski definition) is 0. The van der Waals surface area contributed by atoms with E-state index in [0.717, 1.165) is 23.8 Å². The summed E-state index contributed by atoms with van der Waals surface area (Å²) in [6.07, 6.45) is 0. The molecule has 1 saturated heterocycles. The molecule has 0 radical (unpaired) electrons. The monoisotopic (exact) mass is 360 g/mol. The molecule has 0 aromatic heterocycles. The summed E-state index contributed by atoms with van der Waals surface area (Å²) in [5, 5.41) is 0.736. The van der Waals surface area contributed by atoms with Crippen molar-refractivity contribution < 1.29 is 14.3 Å². The van der Waals surface area contributed by atoms with Crippen LogP contribution in [0.25, 0.3) is 0 Å². The van der Waals surface area contributed by atoms with Crippen molar-refractivity contribution in [3.63, 3.8) is 0 Å². The molecule has 1 fully saturated rings. The number of hydrogen-bond acceptors (Lipinski definition) is 4. The highest BCUT2D eigenvalue weighted by Crippen LogP contribution is 2.27. The zero-order chi connectivity index (χ0) is 17.8. The van der Waals surface area contributed by atoms with Gasteiger partial charge in [0.15, 0.2) is 0 Å². The fourth-order valence-corrected chi connectivity index (χ4v) is 3.23. The van der Waals surface area contributed by atoms with E-state index >= 15 is 0 Å². The Bertz CT molecular complexity index is 736. The van der Waals surface area contributed by atoms with Gasteiger partial charge in [0, 0.05) is 37.8 Å². The standard InChI is InChI=1S/C19H21ClN2O3/c1-24-15-11-14(12-16(13-15)25-2)19(23)22-9-7-21(8-10-22)18-6-4-3-5-17(18)20/h3-6,11-13H,7-10H2,1-2H3. The van der Waals surface area contributed by atoms with E-state index in [2.05, 4.69) is 4.90 Å². The van der Waals surface area contributed by atoms with Crippen LogP contribution in [0.15, 0.2) is 42.5 Å². The fourth-order valence-electron chi connectivity index (χ4n) is 2.97. The predicted octanol–water partition coefficient (Wildman–Crippen LogP) is 3.32. The van der Waals surface area contributed by atoms with E-state index in [1.165, 1.54) is 0 Å². The Morgan fingerprint density at radius 2 is 1.56 bits per heavy atom. The zero-order valence-corrected chi connectivity index (χ0v) is 15.1. The van der Waals surface area contributed by atoms with Crippen LogP contribution in [0.4, 0.5) is 5.69 Å². The molecule has 0 aliphatic carbocycles. The second kappa shape index (κ2) is 7.66. The number of benzene rings is 2. The summed E-state index contributed by atoms with van der Waals surface area (Å²) in [5.74, 6) is 1.20. The van der Waals surface area contributed by atoms with E-state index < -0.39 is 0 Å². The SMILES string of the molecule is COc1cc(OC)cc(C(=O)N2CCN(c3ccccc3Cl)CC2)c1. The summed E-state index contributed by atoms with van der Waals surface area (Å²) in [5.41, 5.74) is 1.58. The van der Waals surface area contributed by atoms with Crippen LogP contribution < -0.4 is 14.4 Å².